The molecule has 1 amide bonds. The number of nitrogens with zero attached hydrogens (tertiary/aromatic N) is 4. The van der Waals surface area contributed by atoms with Crippen LogP contribution in [0.2, 0.25) is 0 Å². The molecule has 2 aromatic heterocycles. The summed E-state index contributed by atoms with van der Waals surface area (Å²) in [7, 11) is 1.76. The molecule has 0 spiro atoms. The number of aromatic nitrogens is 2. The van der Waals surface area contributed by atoms with E-state index in [2.05, 4.69) is 26.7 Å². The molecule has 36 heavy (non-hydrogen) atoms. The minimum Gasteiger partial charge on any atom is -0.355 e. The zero-order chi connectivity index (χ0) is 24.9. The van der Waals surface area contributed by atoms with Crippen molar-refractivity contribution in [1.29, 1.82) is 5.26 Å². The van der Waals surface area contributed by atoms with Gasteiger partial charge in [0.2, 0.25) is 0 Å². The predicted molar refractivity (Wildman–Crippen MR) is 143 cm³/mol. The third-order valence-corrected chi connectivity index (χ3v) is 5.79. The molecule has 2 heterocycles. The van der Waals surface area contributed by atoms with Crippen LogP contribution in [0.25, 0.3) is 10.9 Å². The largest absolute Gasteiger partial charge is 0.355 e. The smallest absolute Gasteiger partial charge is 0.258 e. The van der Waals surface area contributed by atoms with Crippen LogP contribution >= 0.6 is 0 Å². The number of hydrogen-bond donors (Lipinski definition) is 2. The normalized spacial score (nSPS) is 10.4. The minimum absolute atomic E-state index is 0.113. The summed E-state index contributed by atoms with van der Waals surface area (Å²) < 4.78 is 0. The number of carbonyl (C=O) groups is 1. The highest BCUT2D eigenvalue weighted by Crippen LogP contribution is 2.28. The molecule has 0 saturated heterocycles. The van der Waals surface area contributed by atoms with Gasteiger partial charge < -0.3 is 15.5 Å². The second kappa shape index (κ2) is 9.95. The molecule has 0 aliphatic heterocycles. The molecule has 0 fully saturated rings. The first-order valence-electron chi connectivity index (χ1n) is 11.3. The van der Waals surface area contributed by atoms with Gasteiger partial charge in [-0.15, -0.1) is 0 Å². The fraction of sp³-hybridized carbons (Fsp3) is 0.0345. The third kappa shape index (κ3) is 4.83. The van der Waals surface area contributed by atoms with E-state index in [1.54, 1.807) is 42.7 Å². The summed E-state index contributed by atoms with van der Waals surface area (Å²) in [6.45, 7) is 0. The standard InChI is InChI=1S/C29H22N6O/c1-35(29(36)21-3-2-4-24(18-21)33-23-11-14-31-15-12-23)25-8-6-22(7-9-25)34-28-13-16-32-27-10-5-20(19-30)17-26(27)28/h2-18H,1H3,(H,31,33)(H,32,34). The summed E-state index contributed by atoms with van der Waals surface area (Å²) in [5, 5.41) is 16.8. The van der Waals surface area contributed by atoms with Crippen LogP contribution in [0.15, 0.2) is 104 Å². The number of fused-ring (bicyclic) bond motifs is 1. The number of nitriles is 1. The van der Waals surface area contributed by atoms with Crippen LogP contribution in [-0.4, -0.2) is 22.9 Å². The highest BCUT2D eigenvalue weighted by molar-refractivity contribution is 6.06. The van der Waals surface area contributed by atoms with Crippen LogP contribution in [0.5, 0.6) is 0 Å². The van der Waals surface area contributed by atoms with E-state index in [0.29, 0.717) is 11.1 Å². The molecule has 7 nitrogen and oxygen atoms in total. The van der Waals surface area contributed by atoms with Gasteiger partial charge >= 0.3 is 0 Å². The van der Waals surface area contributed by atoms with Crippen molar-refractivity contribution in [3.8, 4) is 6.07 Å². The van der Waals surface area contributed by atoms with Crippen LogP contribution in [0.4, 0.5) is 28.4 Å². The van der Waals surface area contributed by atoms with Crippen molar-refractivity contribution in [2.45, 2.75) is 0 Å². The quantitative estimate of drug-likeness (QED) is 0.304. The molecule has 0 aliphatic rings. The number of pyridine rings is 2. The van der Waals surface area contributed by atoms with E-state index in [1.165, 1.54) is 0 Å². The molecule has 0 aliphatic carbocycles. The second-order valence-electron chi connectivity index (χ2n) is 8.18. The number of hydrogen-bond acceptors (Lipinski definition) is 6. The first kappa shape index (κ1) is 22.6. The van der Waals surface area contributed by atoms with E-state index in [4.69, 9.17) is 0 Å². The third-order valence-electron chi connectivity index (χ3n) is 5.79. The maximum Gasteiger partial charge on any atom is 0.258 e. The first-order chi connectivity index (χ1) is 17.6. The van der Waals surface area contributed by atoms with Crippen LogP contribution in [-0.2, 0) is 0 Å². The summed E-state index contributed by atoms with van der Waals surface area (Å²) in [5.41, 5.74) is 6.17. The van der Waals surface area contributed by atoms with Crippen molar-refractivity contribution < 1.29 is 4.79 Å². The summed E-state index contributed by atoms with van der Waals surface area (Å²) in [6, 6.07) is 28.2. The van der Waals surface area contributed by atoms with Crippen LogP contribution in [0.3, 0.4) is 0 Å². The van der Waals surface area contributed by atoms with Crippen molar-refractivity contribution in [2.24, 2.45) is 0 Å². The van der Waals surface area contributed by atoms with Gasteiger partial charge in [0.1, 0.15) is 0 Å². The molecule has 0 atom stereocenters. The van der Waals surface area contributed by atoms with Gasteiger partial charge in [0.05, 0.1) is 17.1 Å². The summed E-state index contributed by atoms with van der Waals surface area (Å²) in [5.74, 6) is -0.113. The van der Waals surface area contributed by atoms with Crippen molar-refractivity contribution >= 4 is 45.2 Å². The maximum atomic E-state index is 13.2. The Balaban J connectivity index is 1.32. The lowest BCUT2D eigenvalue weighted by Crippen LogP contribution is -2.26. The Labute approximate surface area is 208 Å². The average Bonchev–Trinajstić information content (AvgIpc) is 2.93. The lowest BCUT2D eigenvalue weighted by molar-refractivity contribution is 0.0993. The molecule has 0 saturated carbocycles. The zero-order valence-electron chi connectivity index (χ0n) is 19.5. The van der Waals surface area contributed by atoms with Gasteiger partial charge in [0, 0.05) is 65.0 Å². The highest BCUT2D eigenvalue weighted by Gasteiger charge is 2.14. The van der Waals surface area contributed by atoms with Crippen LogP contribution in [0, 0.1) is 11.3 Å². The number of nitrogens with one attached hydrogen (secondary N) is 2. The molecule has 174 valence electrons. The Morgan fingerprint density at radius 2 is 1.61 bits per heavy atom. The van der Waals surface area contributed by atoms with Crippen molar-refractivity contribution in [1.82, 2.24) is 9.97 Å². The van der Waals surface area contributed by atoms with Crippen molar-refractivity contribution in [2.75, 3.05) is 22.6 Å². The second-order valence-corrected chi connectivity index (χ2v) is 8.18. The van der Waals surface area contributed by atoms with E-state index in [0.717, 1.165) is 39.3 Å². The summed E-state index contributed by atoms with van der Waals surface area (Å²) >= 11 is 0. The van der Waals surface area contributed by atoms with Crippen molar-refractivity contribution in [3.63, 3.8) is 0 Å². The van der Waals surface area contributed by atoms with Gasteiger partial charge in [-0.25, -0.2) is 0 Å². The van der Waals surface area contributed by atoms with Gasteiger partial charge in [-0.3, -0.25) is 14.8 Å². The molecule has 0 bridgehead atoms. The molecule has 2 N–H and O–H groups in total. The van der Waals surface area contributed by atoms with Crippen molar-refractivity contribution in [3.05, 3.63) is 115 Å². The summed E-state index contributed by atoms with van der Waals surface area (Å²) in [4.78, 5) is 23.2. The van der Waals surface area contributed by atoms with Gasteiger partial charge in [0.15, 0.2) is 0 Å². The zero-order valence-corrected chi connectivity index (χ0v) is 19.5. The predicted octanol–water partition coefficient (Wildman–Crippen LogP) is 6.27. The molecule has 0 radical (unpaired) electrons. The van der Waals surface area contributed by atoms with E-state index in [1.807, 2.05) is 72.8 Å². The Hall–Kier alpha value is -5.22. The molecule has 3 aromatic carbocycles. The molecule has 0 unspecified atom stereocenters. The fourth-order valence-corrected chi connectivity index (χ4v) is 3.89. The SMILES string of the molecule is CN(C(=O)c1cccc(Nc2ccncc2)c1)c1ccc(Nc2ccnc3ccc(C#N)cc23)cc1. The molecule has 5 rings (SSSR count). The maximum absolute atomic E-state index is 13.2. The lowest BCUT2D eigenvalue weighted by atomic mass is 10.1. The highest BCUT2D eigenvalue weighted by atomic mass is 16.2. The van der Waals surface area contributed by atoms with E-state index in [9.17, 15) is 10.1 Å². The molecule has 5 aromatic rings. The lowest BCUT2D eigenvalue weighted by Gasteiger charge is -2.19. The Kier molecular flexibility index (Phi) is 6.24. The van der Waals surface area contributed by atoms with E-state index < -0.39 is 0 Å². The molecular formula is C29H22N6O. The average molecular weight is 471 g/mol. The monoisotopic (exact) mass is 470 g/mol. The van der Waals surface area contributed by atoms with E-state index >= 15 is 0 Å². The van der Waals surface area contributed by atoms with Gasteiger partial charge in [-0.2, -0.15) is 5.26 Å². The Bertz CT molecular complexity index is 1580. The molecule has 7 heteroatoms. The van der Waals surface area contributed by atoms with Crippen LogP contribution in [0.1, 0.15) is 15.9 Å². The number of rotatable bonds is 6. The first-order valence-corrected chi connectivity index (χ1v) is 11.3. The molecular weight excluding hydrogens is 448 g/mol. The fourth-order valence-electron chi connectivity index (χ4n) is 3.89. The number of benzene rings is 3. The number of anilines is 5. The van der Waals surface area contributed by atoms with E-state index in [-0.39, 0.29) is 5.91 Å². The Morgan fingerprint density at radius 3 is 2.39 bits per heavy atom. The van der Waals surface area contributed by atoms with Gasteiger partial charge in [-0.1, -0.05) is 6.07 Å². The number of amides is 1. The summed E-state index contributed by atoms with van der Waals surface area (Å²) in [6.07, 6.45) is 5.16. The van der Waals surface area contributed by atoms with Gasteiger partial charge in [0.25, 0.3) is 5.91 Å². The Morgan fingerprint density at radius 1 is 0.833 bits per heavy atom. The minimum atomic E-state index is -0.113. The van der Waals surface area contributed by atoms with Gasteiger partial charge in [-0.05, 0) is 78.9 Å². The number of carbonyl (C=O) groups excluding carboxylic acids is 1. The topological polar surface area (TPSA) is 93.9 Å². The van der Waals surface area contributed by atoms with Crippen LogP contribution < -0.4 is 15.5 Å².